The molecule has 32 aromatic rings. The SMILES string of the molecule is c1ccc(-c2cc(-c3ccccc3)n3c4ccccc4c4c5ccccc5c5ccccc5c4c23)cc1.c1ccc(-c2cc(-c3ccccc3)n3c4cccnc4c4c5ccccc5c5ccccc5c4c23)cc1.c1ccc(-c2cc(-c3ccccc3)n3c4ncccc4c4c5ccccc5c5ccccc5c4c23)cc1.c1ccc(-c2cc(-c3ccccc3)n3c4nccnc4c4c5ccccc5c5ccccc5c4c23)cc1. The molecule has 0 atom stereocenters. The Balaban J connectivity index is 0.0000000930. The number of para-hydroxylation sites is 1. The van der Waals surface area contributed by atoms with Gasteiger partial charge in [-0.25, -0.2) is 9.97 Å². The molecule has 8 heteroatoms. The number of nitrogens with zero attached hydrogens (tertiary/aromatic N) is 8. The summed E-state index contributed by atoms with van der Waals surface area (Å²) in [6, 6.07) is 183. The van der Waals surface area contributed by atoms with Crippen LogP contribution in [0.4, 0.5) is 0 Å². The van der Waals surface area contributed by atoms with Gasteiger partial charge in [-0.15, -0.1) is 0 Å². The molecule has 0 unspecified atom stereocenters. The van der Waals surface area contributed by atoms with E-state index in [2.05, 4.69) is 521 Å². The van der Waals surface area contributed by atoms with Gasteiger partial charge in [0.25, 0.3) is 0 Å². The van der Waals surface area contributed by atoms with Gasteiger partial charge in [-0.3, -0.25) is 18.8 Å². The summed E-state index contributed by atoms with van der Waals surface area (Å²) in [5.74, 6) is 0. The van der Waals surface area contributed by atoms with E-state index in [1.807, 2.05) is 18.5 Å². The van der Waals surface area contributed by atoms with Crippen LogP contribution in [0.3, 0.4) is 0 Å². The molecule has 0 bridgehead atoms. The van der Waals surface area contributed by atoms with Gasteiger partial charge in [0.15, 0.2) is 5.65 Å². The highest BCUT2D eigenvalue weighted by Gasteiger charge is 2.30. The van der Waals surface area contributed by atoms with Crippen molar-refractivity contribution in [3.8, 4) is 89.5 Å². The van der Waals surface area contributed by atoms with Gasteiger partial charge in [-0.05, 0) is 185 Å². The van der Waals surface area contributed by atoms with E-state index < -0.39 is 0 Å². The largest absolute Gasteiger partial charge is 0.308 e. The van der Waals surface area contributed by atoms with Gasteiger partial charge in [-0.2, -0.15) is 0 Å². The molecule has 0 aliphatic heterocycles. The van der Waals surface area contributed by atoms with Crippen LogP contribution in [0.2, 0.25) is 0 Å². The molecule has 11 aromatic heterocycles. The Morgan fingerprint density at radius 3 is 0.689 bits per heavy atom. The topological polar surface area (TPSA) is 69.2 Å². The average Bonchev–Trinajstić information content (AvgIpc) is 1.50. The van der Waals surface area contributed by atoms with Crippen molar-refractivity contribution < 1.29 is 0 Å². The fourth-order valence-electron chi connectivity index (χ4n) is 24.3. The molecule has 0 aliphatic rings. The smallest absolute Gasteiger partial charge is 0.164 e. The minimum absolute atomic E-state index is 0.867. The maximum absolute atomic E-state index is 5.01. The summed E-state index contributed by atoms with van der Waals surface area (Å²) >= 11 is 0. The minimum atomic E-state index is 0.867. The monoisotopic (exact) mass is 1880 g/mol. The molecule has 8 nitrogen and oxygen atoms in total. The predicted octanol–water partition coefficient (Wildman–Crippen LogP) is 37.1. The zero-order valence-electron chi connectivity index (χ0n) is 80.4. The lowest BCUT2D eigenvalue weighted by atomic mass is 9.91. The van der Waals surface area contributed by atoms with Crippen molar-refractivity contribution in [1.29, 1.82) is 0 Å². The molecular weight excluding hydrogens is 1790 g/mol. The molecule has 0 N–H and O–H groups in total. The highest BCUT2D eigenvalue weighted by atomic mass is 15.0. The standard InChI is InChI=1S/C36H23N.2C35H22N2.C34H21N3/c1-3-13-24(14-4-1)31-23-33(25-15-5-2-6-16-25)37-32-22-12-11-21-30(32)34-28-19-9-7-17-26(28)27-18-8-10-20-29(27)35(34)36(31)37;1-3-12-23(13-4-1)29-22-31(24-14-5-2-6-15-24)37-30-20-11-21-36-34(30)32-27-18-9-7-16-25(27)26-17-8-10-19-28(26)33(32)35(29)37;1-3-12-23(13-4-1)30-22-31(24-14-5-2-6-15-24)37-34(30)33-28-19-10-8-17-26(28)25-16-7-9-18-27(25)32(33)29-20-11-21-36-35(29)37;1-3-11-22(12-4-1)28-21-29(23-13-5-2-6-14-23)37-33(28)31-27-18-10-8-16-25(27)24-15-7-9-17-26(24)30(31)32-34(37)36-20-19-35-32/h1-23H;2*1-22H;1-21H. The first-order valence-corrected chi connectivity index (χ1v) is 50.6. The normalized spacial score (nSPS) is 11.8. The summed E-state index contributed by atoms with van der Waals surface area (Å²) in [4.78, 5) is 19.9. The molecule has 0 saturated heterocycles. The first kappa shape index (κ1) is 85.0. The first-order valence-electron chi connectivity index (χ1n) is 50.6. The Morgan fingerprint density at radius 2 is 0.338 bits per heavy atom. The quantitative estimate of drug-likeness (QED) is 0.142. The van der Waals surface area contributed by atoms with E-state index in [1.54, 1.807) is 12.4 Å². The van der Waals surface area contributed by atoms with Gasteiger partial charge in [0, 0.05) is 101 Å². The summed E-state index contributed by atoms with van der Waals surface area (Å²) in [5, 5.41) is 32.7. The maximum Gasteiger partial charge on any atom is 0.164 e. The Bertz CT molecular complexity index is 9710. The molecule has 148 heavy (non-hydrogen) atoms. The van der Waals surface area contributed by atoms with Gasteiger partial charge in [0.2, 0.25) is 0 Å². The molecule has 32 rings (SSSR count). The van der Waals surface area contributed by atoms with E-state index in [9.17, 15) is 0 Å². The van der Waals surface area contributed by atoms with Gasteiger partial charge >= 0.3 is 0 Å². The highest BCUT2D eigenvalue weighted by molar-refractivity contribution is 6.40. The Kier molecular flexibility index (Phi) is 20.2. The van der Waals surface area contributed by atoms with Crippen LogP contribution in [-0.2, 0) is 0 Å². The Labute approximate surface area is 850 Å². The van der Waals surface area contributed by atoms with Crippen LogP contribution in [0, 0.1) is 0 Å². The van der Waals surface area contributed by atoms with Gasteiger partial charge in [0.05, 0.1) is 61.4 Å². The number of hydrogen-bond donors (Lipinski definition) is 0. The van der Waals surface area contributed by atoms with Crippen molar-refractivity contribution in [2.24, 2.45) is 0 Å². The van der Waals surface area contributed by atoms with Crippen molar-refractivity contribution in [3.63, 3.8) is 0 Å². The Hall–Kier alpha value is -19.8. The zero-order chi connectivity index (χ0) is 97.4. The number of fused-ring (bicyclic) bond motifs is 44. The number of aromatic nitrogens is 8. The van der Waals surface area contributed by atoms with Crippen LogP contribution in [-0.4, -0.2) is 37.5 Å². The molecule has 21 aromatic carbocycles. The van der Waals surface area contributed by atoms with Crippen LogP contribution in [0.5, 0.6) is 0 Å². The lowest BCUT2D eigenvalue weighted by Crippen LogP contribution is -1.98. The van der Waals surface area contributed by atoms with Crippen LogP contribution < -0.4 is 0 Å². The minimum Gasteiger partial charge on any atom is -0.308 e. The van der Waals surface area contributed by atoms with Gasteiger partial charge in [0.1, 0.15) is 11.2 Å². The van der Waals surface area contributed by atoms with Gasteiger partial charge in [-0.1, -0.05) is 455 Å². The predicted molar refractivity (Wildman–Crippen MR) is 624 cm³/mol. The number of hydrogen-bond acceptors (Lipinski definition) is 4. The second kappa shape index (κ2) is 35.1. The molecule has 0 fully saturated rings. The third-order valence-corrected chi connectivity index (χ3v) is 30.4. The van der Waals surface area contributed by atoms with Crippen molar-refractivity contribution in [2.75, 3.05) is 0 Å². The van der Waals surface area contributed by atoms with Crippen molar-refractivity contribution in [1.82, 2.24) is 37.5 Å². The Morgan fingerprint density at radius 1 is 0.128 bits per heavy atom. The molecule has 11 heterocycles. The molecule has 0 spiro atoms. The van der Waals surface area contributed by atoms with Gasteiger partial charge < -0.3 is 8.80 Å². The first-order chi connectivity index (χ1) is 73.6. The van der Waals surface area contributed by atoms with E-state index in [-0.39, 0.29) is 0 Å². The van der Waals surface area contributed by atoms with Crippen molar-refractivity contribution in [2.45, 2.75) is 0 Å². The van der Waals surface area contributed by atoms with Crippen LogP contribution in [0.25, 0.3) is 285 Å². The summed E-state index contributed by atoms with van der Waals surface area (Å²) in [6.07, 6.45) is 7.43. The molecule has 0 aliphatic carbocycles. The van der Waals surface area contributed by atoms with Crippen molar-refractivity contribution in [3.05, 3.63) is 534 Å². The molecule has 0 amide bonds. The lowest BCUT2D eigenvalue weighted by Gasteiger charge is -2.17. The average molecular weight is 1880 g/mol. The zero-order valence-corrected chi connectivity index (χ0v) is 80.4. The molecule has 0 saturated carbocycles. The summed E-state index contributed by atoms with van der Waals surface area (Å²) in [7, 11) is 0. The van der Waals surface area contributed by atoms with E-state index in [0.29, 0.717) is 0 Å². The number of benzene rings is 21. The third kappa shape index (κ3) is 13.4. The van der Waals surface area contributed by atoms with Crippen LogP contribution in [0.15, 0.2) is 534 Å². The lowest BCUT2D eigenvalue weighted by molar-refractivity contribution is 1.18. The third-order valence-electron chi connectivity index (χ3n) is 30.4. The summed E-state index contributed by atoms with van der Waals surface area (Å²) < 4.78 is 9.64. The van der Waals surface area contributed by atoms with Crippen LogP contribution >= 0.6 is 0 Å². The maximum atomic E-state index is 5.01. The molecule has 688 valence electrons. The number of rotatable bonds is 8. The van der Waals surface area contributed by atoms with E-state index in [0.717, 1.165) is 55.7 Å². The molecular formula is C140H88N8. The fraction of sp³-hybridized carbons (Fsp3) is 0. The van der Waals surface area contributed by atoms with Crippen LogP contribution in [0.1, 0.15) is 0 Å². The fourth-order valence-corrected chi connectivity index (χ4v) is 24.3. The summed E-state index contributed by atoms with van der Waals surface area (Å²) in [6.45, 7) is 0. The van der Waals surface area contributed by atoms with Crippen molar-refractivity contribution >= 4 is 195 Å². The second-order valence-electron chi connectivity index (χ2n) is 38.3. The highest BCUT2D eigenvalue weighted by Crippen LogP contribution is 2.53. The van der Waals surface area contributed by atoms with E-state index in [1.165, 1.54) is 229 Å². The van der Waals surface area contributed by atoms with E-state index >= 15 is 0 Å². The summed E-state index contributed by atoms with van der Waals surface area (Å²) in [5.41, 5.74) is 30.1. The second-order valence-corrected chi connectivity index (χ2v) is 38.3. The van der Waals surface area contributed by atoms with E-state index in [4.69, 9.17) is 19.9 Å². The number of pyridine rings is 6. The molecule has 0 radical (unpaired) electrons.